The Hall–Kier alpha value is -2.12. The van der Waals surface area contributed by atoms with Crippen LogP contribution >= 0.6 is 27.5 Å². The van der Waals surface area contributed by atoms with Crippen molar-refractivity contribution < 1.29 is 4.79 Å². The molecule has 2 aromatic heterocycles. The average Bonchev–Trinajstić information content (AvgIpc) is 3.07. The third-order valence-corrected chi connectivity index (χ3v) is 3.98. The van der Waals surface area contributed by atoms with Gasteiger partial charge in [0.25, 0.3) is 5.91 Å². The van der Waals surface area contributed by atoms with E-state index in [1.165, 1.54) is 0 Å². The Balaban J connectivity index is 1.68. The number of amides is 1. The number of aryl methyl sites for hydroxylation is 1. The van der Waals surface area contributed by atoms with Crippen molar-refractivity contribution in [3.8, 4) is 0 Å². The second-order valence-electron chi connectivity index (χ2n) is 5.01. The van der Waals surface area contributed by atoms with Crippen LogP contribution in [0, 0.1) is 0 Å². The number of nitrogens with one attached hydrogen (secondary N) is 1. The van der Waals surface area contributed by atoms with E-state index < -0.39 is 0 Å². The van der Waals surface area contributed by atoms with Crippen LogP contribution in [0.15, 0.2) is 47.3 Å². The summed E-state index contributed by atoms with van der Waals surface area (Å²) in [5.74, 6) is -0.288. The maximum Gasteiger partial charge on any atom is 0.277 e. The van der Waals surface area contributed by atoms with Gasteiger partial charge in [-0.25, -0.2) is 0 Å². The van der Waals surface area contributed by atoms with E-state index in [9.17, 15) is 4.79 Å². The zero-order valence-corrected chi connectivity index (χ0v) is 14.5. The van der Waals surface area contributed by atoms with E-state index in [4.69, 9.17) is 11.6 Å². The molecular formula is C15H13BrClN5O. The van der Waals surface area contributed by atoms with Crippen molar-refractivity contribution in [2.75, 3.05) is 5.32 Å². The topological polar surface area (TPSA) is 64.7 Å². The van der Waals surface area contributed by atoms with Crippen molar-refractivity contribution in [3.63, 3.8) is 0 Å². The van der Waals surface area contributed by atoms with Crippen LogP contribution in [0.4, 0.5) is 5.69 Å². The summed E-state index contributed by atoms with van der Waals surface area (Å²) in [6.45, 7) is 0.598. The molecule has 118 valence electrons. The maximum absolute atomic E-state index is 12.2. The van der Waals surface area contributed by atoms with Crippen LogP contribution in [0.1, 0.15) is 16.1 Å². The van der Waals surface area contributed by atoms with Crippen molar-refractivity contribution >= 4 is 39.1 Å². The second kappa shape index (κ2) is 6.55. The lowest BCUT2D eigenvalue weighted by molar-refractivity contribution is 0.102. The fraction of sp³-hybridized carbons (Fsp3) is 0.133. The number of hydrogen-bond acceptors (Lipinski definition) is 3. The van der Waals surface area contributed by atoms with Gasteiger partial charge in [-0.2, -0.15) is 10.2 Å². The van der Waals surface area contributed by atoms with Crippen molar-refractivity contribution in [1.82, 2.24) is 19.6 Å². The molecule has 1 N–H and O–H groups in total. The number of nitrogens with zero attached hydrogens (tertiary/aromatic N) is 4. The van der Waals surface area contributed by atoms with E-state index in [0.29, 0.717) is 27.4 Å². The van der Waals surface area contributed by atoms with E-state index >= 15 is 0 Å². The highest BCUT2D eigenvalue weighted by Gasteiger charge is 2.15. The monoisotopic (exact) mass is 393 g/mol. The second-order valence-corrected chi connectivity index (χ2v) is 6.30. The third-order valence-electron chi connectivity index (χ3n) is 3.15. The number of carbonyl (C=O) groups is 1. The highest BCUT2D eigenvalue weighted by Crippen LogP contribution is 2.17. The van der Waals surface area contributed by atoms with Crippen LogP contribution in [0.25, 0.3) is 0 Å². The normalized spacial score (nSPS) is 10.7. The predicted molar refractivity (Wildman–Crippen MR) is 91.6 cm³/mol. The summed E-state index contributed by atoms with van der Waals surface area (Å²) in [7, 11) is 1.76. The van der Waals surface area contributed by atoms with E-state index in [1.807, 2.05) is 24.3 Å². The summed E-state index contributed by atoms with van der Waals surface area (Å²) < 4.78 is 3.96. The number of carbonyl (C=O) groups excluding carboxylic acids is 1. The Labute approximate surface area is 146 Å². The first kappa shape index (κ1) is 15.8. The highest BCUT2D eigenvalue weighted by atomic mass is 79.9. The number of halogens is 2. The standard InChI is InChI=1S/C15H13BrClN5O/c1-21-9-13(16)14(20-21)15(23)19-12-6-18-22(8-12)7-10-2-4-11(17)5-3-10/h2-6,8-9H,7H2,1H3,(H,19,23). The molecule has 0 unspecified atom stereocenters. The number of hydrogen-bond donors (Lipinski definition) is 1. The Morgan fingerprint density at radius 2 is 2.04 bits per heavy atom. The summed E-state index contributed by atoms with van der Waals surface area (Å²) in [5, 5.41) is 11.8. The number of aromatic nitrogens is 4. The molecule has 0 saturated carbocycles. The first-order valence-corrected chi connectivity index (χ1v) is 7.96. The lowest BCUT2D eigenvalue weighted by Gasteiger charge is -2.02. The van der Waals surface area contributed by atoms with Gasteiger partial charge in [-0.15, -0.1) is 0 Å². The van der Waals surface area contributed by atoms with E-state index in [0.717, 1.165) is 5.56 Å². The van der Waals surface area contributed by atoms with Crippen LogP contribution in [0.2, 0.25) is 5.02 Å². The lowest BCUT2D eigenvalue weighted by Crippen LogP contribution is -2.13. The van der Waals surface area contributed by atoms with Gasteiger partial charge in [-0.3, -0.25) is 14.2 Å². The number of benzene rings is 1. The minimum absolute atomic E-state index is 0.288. The molecule has 0 aliphatic carbocycles. The smallest absolute Gasteiger partial charge is 0.277 e. The Morgan fingerprint density at radius 3 is 2.70 bits per heavy atom. The first-order chi connectivity index (χ1) is 11.0. The molecule has 0 aliphatic heterocycles. The summed E-state index contributed by atoms with van der Waals surface area (Å²) in [5.41, 5.74) is 2.02. The quantitative estimate of drug-likeness (QED) is 0.738. The van der Waals surface area contributed by atoms with E-state index in [1.54, 1.807) is 35.0 Å². The van der Waals surface area contributed by atoms with Crippen LogP contribution in [-0.2, 0) is 13.6 Å². The van der Waals surface area contributed by atoms with Crippen molar-refractivity contribution in [2.24, 2.45) is 7.05 Å². The van der Waals surface area contributed by atoms with Gasteiger partial charge in [0.15, 0.2) is 5.69 Å². The van der Waals surface area contributed by atoms with Gasteiger partial charge in [0.05, 0.1) is 22.9 Å². The van der Waals surface area contributed by atoms with E-state index in [2.05, 4.69) is 31.4 Å². The SMILES string of the molecule is Cn1cc(Br)c(C(=O)Nc2cnn(Cc3ccc(Cl)cc3)c2)n1. The Kier molecular flexibility index (Phi) is 4.49. The van der Waals surface area contributed by atoms with Crippen LogP contribution in [0.3, 0.4) is 0 Å². The molecule has 6 nitrogen and oxygen atoms in total. The van der Waals surface area contributed by atoms with Gasteiger partial charge in [0.1, 0.15) is 0 Å². The first-order valence-electron chi connectivity index (χ1n) is 6.78. The van der Waals surface area contributed by atoms with Crippen molar-refractivity contribution in [2.45, 2.75) is 6.54 Å². The highest BCUT2D eigenvalue weighted by molar-refractivity contribution is 9.10. The van der Waals surface area contributed by atoms with Gasteiger partial charge in [0, 0.05) is 24.5 Å². The van der Waals surface area contributed by atoms with E-state index in [-0.39, 0.29) is 5.91 Å². The van der Waals surface area contributed by atoms with Gasteiger partial charge >= 0.3 is 0 Å². The Morgan fingerprint density at radius 1 is 1.30 bits per heavy atom. The molecule has 0 bridgehead atoms. The summed E-state index contributed by atoms with van der Waals surface area (Å²) in [6.07, 6.45) is 5.09. The summed E-state index contributed by atoms with van der Waals surface area (Å²) in [4.78, 5) is 12.2. The number of anilines is 1. The molecule has 0 atom stereocenters. The van der Waals surface area contributed by atoms with Crippen LogP contribution < -0.4 is 5.32 Å². The maximum atomic E-state index is 12.2. The molecule has 0 aliphatic rings. The summed E-state index contributed by atoms with van der Waals surface area (Å²) in [6, 6.07) is 7.55. The predicted octanol–water partition coefficient (Wildman–Crippen LogP) is 3.33. The molecule has 3 aromatic rings. The van der Waals surface area contributed by atoms with Gasteiger partial charge in [-0.1, -0.05) is 23.7 Å². The van der Waals surface area contributed by atoms with Gasteiger partial charge < -0.3 is 5.32 Å². The molecule has 0 fully saturated rings. The zero-order chi connectivity index (χ0) is 16.4. The molecule has 8 heteroatoms. The lowest BCUT2D eigenvalue weighted by atomic mass is 10.2. The van der Waals surface area contributed by atoms with Crippen LogP contribution in [-0.4, -0.2) is 25.5 Å². The largest absolute Gasteiger partial charge is 0.318 e. The number of rotatable bonds is 4. The summed E-state index contributed by atoms with van der Waals surface area (Å²) >= 11 is 9.18. The van der Waals surface area contributed by atoms with Gasteiger partial charge in [-0.05, 0) is 33.6 Å². The Bertz CT molecular complexity index is 840. The third kappa shape index (κ3) is 3.80. The molecule has 1 amide bonds. The molecular weight excluding hydrogens is 382 g/mol. The van der Waals surface area contributed by atoms with Gasteiger partial charge in [0.2, 0.25) is 0 Å². The van der Waals surface area contributed by atoms with Crippen molar-refractivity contribution in [3.05, 3.63) is 63.6 Å². The molecule has 0 saturated heterocycles. The molecule has 0 radical (unpaired) electrons. The molecule has 23 heavy (non-hydrogen) atoms. The average molecular weight is 395 g/mol. The fourth-order valence-corrected chi connectivity index (χ4v) is 2.78. The molecule has 1 aromatic carbocycles. The zero-order valence-electron chi connectivity index (χ0n) is 12.2. The van der Waals surface area contributed by atoms with Crippen LogP contribution in [0.5, 0.6) is 0 Å². The minimum Gasteiger partial charge on any atom is -0.318 e. The van der Waals surface area contributed by atoms with Crippen molar-refractivity contribution in [1.29, 1.82) is 0 Å². The molecule has 3 rings (SSSR count). The molecule has 2 heterocycles. The fourth-order valence-electron chi connectivity index (χ4n) is 2.10. The molecule has 0 spiro atoms. The minimum atomic E-state index is -0.288.